The first kappa shape index (κ1) is 70.5. The summed E-state index contributed by atoms with van der Waals surface area (Å²) < 4.78 is 16.8. The van der Waals surface area contributed by atoms with Gasteiger partial charge in [-0.1, -0.05) is 229 Å². The van der Waals surface area contributed by atoms with E-state index in [4.69, 9.17) is 14.2 Å². The van der Waals surface area contributed by atoms with Crippen molar-refractivity contribution in [1.82, 2.24) is 0 Å². The van der Waals surface area contributed by atoms with E-state index in [1.54, 1.807) is 0 Å². The lowest BCUT2D eigenvalue weighted by Gasteiger charge is -2.18. The molecule has 1 atom stereocenters. The molecule has 0 aromatic rings. The van der Waals surface area contributed by atoms with Gasteiger partial charge in [0.2, 0.25) is 0 Å². The van der Waals surface area contributed by atoms with Gasteiger partial charge in [-0.2, -0.15) is 0 Å². The smallest absolute Gasteiger partial charge is 0.306 e. The average Bonchev–Trinajstić information content (AvgIpc) is 3.42. The third-order valence-electron chi connectivity index (χ3n) is 11.6. The number of unbranched alkanes of at least 4 members (excludes halogenated alkanes) is 10. The van der Waals surface area contributed by atoms with E-state index in [9.17, 15) is 14.4 Å². The Morgan fingerprint density at radius 3 is 0.842 bits per heavy atom. The zero-order chi connectivity index (χ0) is 55.0. The molecule has 0 bridgehead atoms. The summed E-state index contributed by atoms with van der Waals surface area (Å²) in [4.78, 5) is 38.1. The van der Waals surface area contributed by atoms with Gasteiger partial charge >= 0.3 is 17.9 Å². The second-order valence-corrected chi connectivity index (χ2v) is 18.8. The van der Waals surface area contributed by atoms with Crippen molar-refractivity contribution in [3.8, 4) is 0 Å². The Labute approximate surface area is 465 Å². The molecule has 6 heteroatoms. The number of carbonyl (C=O) groups is 3. The van der Waals surface area contributed by atoms with Crippen molar-refractivity contribution in [2.45, 2.75) is 226 Å². The summed E-state index contributed by atoms with van der Waals surface area (Å²) >= 11 is 0. The van der Waals surface area contributed by atoms with E-state index in [1.165, 1.54) is 12.8 Å². The highest BCUT2D eigenvalue weighted by atomic mass is 16.6. The largest absolute Gasteiger partial charge is 0.462 e. The zero-order valence-electron chi connectivity index (χ0n) is 48.2. The van der Waals surface area contributed by atoms with Crippen molar-refractivity contribution in [3.63, 3.8) is 0 Å². The van der Waals surface area contributed by atoms with Crippen LogP contribution in [-0.2, 0) is 28.6 Å². The van der Waals surface area contributed by atoms with Gasteiger partial charge in [0.25, 0.3) is 0 Å². The molecule has 0 heterocycles. The van der Waals surface area contributed by atoms with Crippen LogP contribution in [0.2, 0.25) is 0 Å². The van der Waals surface area contributed by atoms with Gasteiger partial charge in [0.05, 0.1) is 0 Å². The molecule has 0 N–H and O–H groups in total. The van der Waals surface area contributed by atoms with Crippen molar-refractivity contribution in [2.75, 3.05) is 13.2 Å². The number of esters is 3. The molecule has 0 aromatic carbocycles. The summed E-state index contributed by atoms with van der Waals surface area (Å²) in [6, 6.07) is 0. The van der Waals surface area contributed by atoms with Crippen molar-refractivity contribution in [1.29, 1.82) is 0 Å². The summed E-state index contributed by atoms with van der Waals surface area (Å²) in [6.07, 6.45) is 93.3. The first-order valence-electron chi connectivity index (χ1n) is 29.8. The average molecular weight is 1040 g/mol. The van der Waals surface area contributed by atoms with Crippen LogP contribution < -0.4 is 0 Å². The first-order valence-corrected chi connectivity index (χ1v) is 29.8. The van der Waals surface area contributed by atoms with E-state index >= 15 is 0 Å². The molecule has 76 heavy (non-hydrogen) atoms. The molecule has 0 saturated carbocycles. The lowest BCUT2D eigenvalue weighted by Crippen LogP contribution is -2.30. The summed E-state index contributed by atoms with van der Waals surface area (Å²) in [6.45, 7) is 6.24. The van der Waals surface area contributed by atoms with E-state index < -0.39 is 6.10 Å². The van der Waals surface area contributed by atoms with Gasteiger partial charge < -0.3 is 14.2 Å². The molecule has 0 aliphatic heterocycles. The van der Waals surface area contributed by atoms with Crippen LogP contribution in [0.4, 0.5) is 0 Å². The molecule has 0 fully saturated rings. The Kier molecular flexibility index (Phi) is 57.6. The van der Waals surface area contributed by atoms with Crippen LogP contribution in [0.25, 0.3) is 0 Å². The molecule has 0 aromatic heterocycles. The standard InChI is InChI=1S/C70H106O6/c1-4-7-10-13-16-19-22-24-26-28-30-32-33-34-35-36-37-39-40-42-44-46-48-51-54-57-60-63-69(72)75-66-67(65-74-68(71)62-59-56-53-50-21-18-15-12-9-6-3)76-70(73)64-61-58-55-52-49-47-45-43-41-38-31-29-27-25-23-20-17-14-11-8-5-2/h7-8,10-12,15-17,19-20,24-27,30-32,34-35,37-39,42-45,48-49,51-52,67H,4-6,9,13-14,18,21-23,28-29,33,36,40-41,46-47,50,53-66H2,1-3H3/b10-7-,11-8-,15-12-,19-16-,20-17-,26-24-,27-25-,32-30-,35-34-,38-31-,39-37-,44-42-,45-43-,51-48-,52-49-. The Balaban J connectivity index is 4.50. The normalized spacial score (nSPS) is 13.5. The predicted octanol–water partition coefficient (Wildman–Crippen LogP) is 20.5. The van der Waals surface area contributed by atoms with Crippen LogP contribution in [0.15, 0.2) is 182 Å². The highest BCUT2D eigenvalue weighted by Crippen LogP contribution is 2.12. The van der Waals surface area contributed by atoms with Gasteiger partial charge in [0, 0.05) is 19.3 Å². The van der Waals surface area contributed by atoms with Gasteiger partial charge in [-0.05, 0) is 154 Å². The highest BCUT2D eigenvalue weighted by Gasteiger charge is 2.19. The maximum Gasteiger partial charge on any atom is 0.306 e. The molecular formula is C70H106O6. The van der Waals surface area contributed by atoms with Crippen molar-refractivity contribution in [3.05, 3.63) is 182 Å². The summed E-state index contributed by atoms with van der Waals surface area (Å²) in [5.74, 6) is -1.04. The monoisotopic (exact) mass is 1040 g/mol. The fourth-order valence-corrected chi connectivity index (χ4v) is 7.23. The third-order valence-corrected chi connectivity index (χ3v) is 11.6. The number of rotatable bonds is 51. The molecule has 0 amide bonds. The van der Waals surface area contributed by atoms with Crippen LogP contribution >= 0.6 is 0 Å². The Bertz CT molecular complexity index is 1820. The second-order valence-electron chi connectivity index (χ2n) is 18.8. The van der Waals surface area contributed by atoms with Crippen molar-refractivity contribution in [2.24, 2.45) is 0 Å². The lowest BCUT2D eigenvalue weighted by molar-refractivity contribution is -0.167. The van der Waals surface area contributed by atoms with Crippen LogP contribution in [-0.4, -0.2) is 37.2 Å². The van der Waals surface area contributed by atoms with Gasteiger partial charge in [-0.25, -0.2) is 0 Å². The minimum absolute atomic E-state index is 0.124. The van der Waals surface area contributed by atoms with Gasteiger partial charge in [-0.3, -0.25) is 14.4 Å². The minimum Gasteiger partial charge on any atom is -0.462 e. The quantitative estimate of drug-likeness (QED) is 0.0261. The molecule has 0 aliphatic carbocycles. The molecule has 0 rings (SSSR count). The third kappa shape index (κ3) is 59.4. The Morgan fingerprint density at radius 2 is 0.513 bits per heavy atom. The maximum atomic E-state index is 12.8. The topological polar surface area (TPSA) is 78.9 Å². The maximum absolute atomic E-state index is 12.8. The molecule has 422 valence electrons. The highest BCUT2D eigenvalue weighted by molar-refractivity contribution is 5.71. The Morgan fingerprint density at radius 1 is 0.276 bits per heavy atom. The lowest BCUT2D eigenvalue weighted by atomic mass is 10.1. The summed E-state index contributed by atoms with van der Waals surface area (Å²) in [5.41, 5.74) is 0. The number of hydrogen-bond donors (Lipinski definition) is 0. The van der Waals surface area contributed by atoms with E-state index in [0.717, 1.165) is 154 Å². The SMILES string of the molecule is CC/C=C\C/C=C\C/C=C\C/C=C\C/C=C\C/C=C\C/C=C\C/C=C\CCCCC(=O)OCC(COC(=O)CCCCCCC/C=C\CCC)OC(=O)CCCC/C=C\C/C=C\C/C=C\C/C=C\C/C=C\C/C=C\CC. The zero-order valence-corrected chi connectivity index (χ0v) is 48.2. The Hall–Kier alpha value is -5.49. The van der Waals surface area contributed by atoms with E-state index in [-0.39, 0.29) is 44.0 Å². The minimum atomic E-state index is -0.833. The number of hydrogen-bond acceptors (Lipinski definition) is 6. The molecule has 6 nitrogen and oxygen atoms in total. The molecule has 0 aliphatic rings. The van der Waals surface area contributed by atoms with E-state index in [1.807, 2.05) is 0 Å². The van der Waals surface area contributed by atoms with Crippen molar-refractivity contribution < 1.29 is 28.6 Å². The molecule has 0 radical (unpaired) electrons. The number of carbonyl (C=O) groups excluding carboxylic acids is 3. The van der Waals surface area contributed by atoms with E-state index in [2.05, 4.69) is 203 Å². The van der Waals surface area contributed by atoms with Crippen LogP contribution in [0.5, 0.6) is 0 Å². The first-order chi connectivity index (χ1) is 37.5. The van der Waals surface area contributed by atoms with Crippen LogP contribution in [0, 0.1) is 0 Å². The molecular weight excluding hydrogens is 937 g/mol. The fraction of sp³-hybridized carbons (Fsp3) is 0.529. The molecule has 0 spiro atoms. The second kappa shape index (κ2) is 62.1. The van der Waals surface area contributed by atoms with Crippen LogP contribution in [0.1, 0.15) is 220 Å². The van der Waals surface area contributed by atoms with Crippen LogP contribution in [0.3, 0.4) is 0 Å². The molecule has 1 unspecified atom stereocenters. The number of ether oxygens (including phenoxy) is 3. The fourth-order valence-electron chi connectivity index (χ4n) is 7.23. The number of allylic oxidation sites excluding steroid dienone is 30. The van der Waals surface area contributed by atoms with Gasteiger partial charge in [0.1, 0.15) is 13.2 Å². The van der Waals surface area contributed by atoms with Crippen molar-refractivity contribution >= 4 is 17.9 Å². The molecule has 0 saturated heterocycles. The van der Waals surface area contributed by atoms with Gasteiger partial charge in [-0.15, -0.1) is 0 Å². The predicted molar refractivity (Wildman–Crippen MR) is 329 cm³/mol. The van der Waals surface area contributed by atoms with Gasteiger partial charge in [0.15, 0.2) is 6.10 Å². The summed E-state index contributed by atoms with van der Waals surface area (Å²) in [7, 11) is 0. The summed E-state index contributed by atoms with van der Waals surface area (Å²) in [5, 5.41) is 0. The van der Waals surface area contributed by atoms with E-state index in [0.29, 0.717) is 19.3 Å².